The van der Waals surface area contributed by atoms with Crippen molar-refractivity contribution in [2.75, 3.05) is 6.54 Å². The molecule has 0 spiro atoms. The van der Waals surface area contributed by atoms with Gasteiger partial charge in [-0.2, -0.15) is 4.72 Å². The maximum atomic E-state index is 13.3. The summed E-state index contributed by atoms with van der Waals surface area (Å²) in [5, 5.41) is 0. The number of carbonyl (C=O) groups is 2. The van der Waals surface area contributed by atoms with Gasteiger partial charge >= 0.3 is 5.97 Å². The molecule has 30 heavy (non-hydrogen) atoms. The van der Waals surface area contributed by atoms with Crippen molar-refractivity contribution in [3.63, 3.8) is 0 Å². The molecular weight excluding hydrogens is 402 g/mol. The summed E-state index contributed by atoms with van der Waals surface area (Å²) in [7, 11) is -3.73. The lowest BCUT2D eigenvalue weighted by Gasteiger charge is -2.56. The fourth-order valence-electron chi connectivity index (χ4n) is 6.12. The van der Waals surface area contributed by atoms with Gasteiger partial charge < -0.3 is 4.74 Å². The van der Waals surface area contributed by atoms with Gasteiger partial charge in [-0.05, 0) is 87.5 Å². The van der Waals surface area contributed by atoms with Crippen LogP contribution in [0.3, 0.4) is 0 Å². The second-order valence-electron chi connectivity index (χ2n) is 9.16. The van der Waals surface area contributed by atoms with Gasteiger partial charge in [0, 0.05) is 5.41 Å². The third-order valence-corrected chi connectivity index (χ3v) is 8.40. The highest BCUT2D eigenvalue weighted by Gasteiger charge is 2.55. The van der Waals surface area contributed by atoms with Gasteiger partial charge in [-0.1, -0.05) is 5.92 Å². The SMILES string of the molecule is C#CCNS(=O)(=O)c1ccc(C(=O)OC(C)C(=O)C23CC4CC(CC(C4)C2)C3)cc1. The highest BCUT2D eigenvalue weighted by Crippen LogP contribution is 2.60. The number of carbonyl (C=O) groups excluding carboxylic acids is 2. The van der Waals surface area contributed by atoms with Gasteiger partial charge in [-0.15, -0.1) is 6.42 Å². The van der Waals surface area contributed by atoms with Gasteiger partial charge in [-0.25, -0.2) is 13.2 Å². The van der Waals surface area contributed by atoms with Crippen LogP contribution in [-0.4, -0.2) is 32.8 Å². The van der Waals surface area contributed by atoms with E-state index in [1.807, 2.05) is 0 Å². The lowest BCUT2D eigenvalue weighted by molar-refractivity contribution is -0.152. The first-order valence-corrected chi connectivity index (χ1v) is 12.0. The Bertz CT molecular complexity index is 954. The quantitative estimate of drug-likeness (QED) is 0.532. The fourth-order valence-corrected chi connectivity index (χ4v) is 7.05. The molecule has 7 heteroatoms. The van der Waals surface area contributed by atoms with Crippen LogP contribution in [0.1, 0.15) is 55.8 Å². The van der Waals surface area contributed by atoms with Crippen molar-refractivity contribution >= 4 is 21.8 Å². The molecule has 4 saturated carbocycles. The number of Topliss-reactive ketones (excluding diaryl/α,β-unsaturated/α-hetero) is 1. The van der Waals surface area contributed by atoms with E-state index < -0.39 is 22.1 Å². The van der Waals surface area contributed by atoms with Crippen molar-refractivity contribution in [1.82, 2.24) is 4.72 Å². The largest absolute Gasteiger partial charge is 0.451 e. The summed E-state index contributed by atoms with van der Waals surface area (Å²) in [6, 6.07) is 5.41. The molecule has 0 aromatic heterocycles. The van der Waals surface area contributed by atoms with Crippen LogP contribution in [0.4, 0.5) is 0 Å². The number of esters is 1. The van der Waals surface area contributed by atoms with Crippen molar-refractivity contribution < 1.29 is 22.7 Å². The normalized spacial score (nSPS) is 30.5. The Labute approximate surface area is 177 Å². The molecule has 1 unspecified atom stereocenters. The summed E-state index contributed by atoms with van der Waals surface area (Å²) >= 11 is 0. The maximum Gasteiger partial charge on any atom is 0.338 e. The number of ether oxygens (including phenoxy) is 1. The zero-order chi connectivity index (χ0) is 21.5. The Kier molecular flexibility index (Phi) is 5.50. The van der Waals surface area contributed by atoms with Gasteiger partial charge in [0.2, 0.25) is 10.0 Å². The van der Waals surface area contributed by atoms with Gasteiger partial charge in [0.05, 0.1) is 17.0 Å². The first-order valence-electron chi connectivity index (χ1n) is 10.5. The van der Waals surface area contributed by atoms with Gasteiger partial charge in [0.15, 0.2) is 11.9 Å². The molecule has 4 aliphatic carbocycles. The Hall–Kier alpha value is -2.17. The number of sulfonamides is 1. The van der Waals surface area contributed by atoms with Crippen LogP contribution in [0.15, 0.2) is 29.2 Å². The van der Waals surface area contributed by atoms with Crippen LogP contribution in [-0.2, 0) is 19.6 Å². The Morgan fingerprint density at radius 1 is 1.13 bits per heavy atom. The van der Waals surface area contributed by atoms with E-state index in [0.717, 1.165) is 19.3 Å². The molecule has 0 heterocycles. The molecule has 4 aliphatic rings. The molecule has 6 nitrogen and oxygen atoms in total. The molecule has 0 aliphatic heterocycles. The van der Waals surface area contributed by atoms with Crippen LogP contribution >= 0.6 is 0 Å². The molecule has 1 aromatic rings. The van der Waals surface area contributed by atoms with Crippen LogP contribution in [0.2, 0.25) is 0 Å². The number of ketones is 1. The number of nitrogens with one attached hydrogen (secondary N) is 1. The molecule has 0 amide bonds. The van der Waals surface area contributed by atoms with Crippen molar-refractivity contribution in [2.24, 2.45) is 23.2 Å². The van der Waals surface area contributed by atoms with Crippen LogP contribution in [0, 0.1) is 35.5 Å². The molecule has 4 bridgehead atoms. The number of rotatable bonds is 7. The van der Waals surface area contributed by atoms with E-state index in [9.17, 15) is 18.0 Å². The number of terminal acetylenes is 1. The monoisotopic (exact) mass is 429 g/mol. The second kappa shape index (κ2) is 7.82. The van der Waals surface area contributed by atoms with E-state index in [-0.39, 0.29) is 28.2 Å². The average Bonchev–Trinajstić information content (AvgIpc) is 2.70. The van der Waals surface area contributed by atoms with Crippen molar-refractivity contribution in [3.8, 4) is 12.3 Å². The topological polar surface area (TPSA) is 89.5 Å². The predicted octanol–water partition coefficient (Wildman–Crippen LogP) is 2.93. The van der Waals surface area contributed by atoms with Gasteiger partial charge in [0.25, 0.3) is 0 Å². The van der Waals surface area contributed by atoms with Crippen molar-refractivity contribution in [2.45, 2.75) is 56.4 Å². The average molecular weight is 430 g/mol. The summed E-state index contributed by atoms with van der Waals surface area (Å²) in [6.07, 6.45) is 10.8. The third kappa shape index (κ3) is 3.91. The van der Waals surface area contributed by atoms with E-state index >= 15 is 0 Å². The molecule has 1 aromatic carbocycles. The molecule has 0 saturated heterocycles. The zero-order valence-electron chi connectivity index (χ0n) is 17.1. The lowest BCUT2D eigenvalue weighted by atomic mass is 9.48. The minimum Gasteiger partial charge on any atom is -0.451 e. The van der Waals surface area contributed by atoms with Crippen LogP contribution in [0.25, 0.3) is 0 Å². The summed E-state index contributed by atoms with van der Waals surface area (Å²) < 4.78 is 31.9. The molecule has 0 radical (unpaired) electrons. The van der Waals surface area contributed by atoms with Gasteiger partial charge in [0.1, 0.15) is 0 Å². The number of hydrogen-bond acceptors (Lipinski definition) is 5. The molecule has 1 atom stereocenters. The summed E-state index contributed by atoms with van der Waals surface area (Å²) in [4.78, 5) is 25.8. The Morgan fingerprint density at radius 3 is 2.17 bits per heavy atom. The summed E-state index contributed by atoms with van der Waals surface area (Å²) in [6.45, 7) is 1.54. The van der Waals surface area contributed by atoms with Crippen molar-refractivity contribution in [3.05, 3.63) is 29.8 Å². The maximum absolute atomic E-state index is 13.3. The smallest absolute Gasteiger partial charge is 0.338 e. The van der Waals surface area contributed by atoms with E-state index in [0.29, 0.717) is 17.8 Å². The zero-order valence-corrected chi connectivity index (χ0v) is 17.9. The molecule has 5 rings (SSSR count). The van der Waals surface area contributed by atoms with E-state index in [1.54, 1.807) is 6.92 Å². The van der Waals surface area contributed by atoms with Gasteiger partial charge in [-0.3, -0.25) is 4.79 Å². The first-order chi connectivity index (χ1) is 14.2. The highest BCUT2D eigenvalue weighted by atomic mass is 32.2. The fraction of sp³-hybridized carbons (Fsp3) is 0.565. The Balaban J connectivity index is 1.41. The first kappa shape index (κ1) is 21.1. The highest BCUT2D eigenvalue weighted by molar-refractivity contribution is 7.89. The lowest BCUT2D eigenvalue weighted by Crippen LogP contribution is -2.52. The van der Waals surface area contributed by atoms with E-state index in [4.69, 9.17) is 11.2 Å². The van der Waals surface area contributed by atoms with E-state index in [2.05, 4.69) is 10.6 Å². The second-order valence-corrected chi connectivity index (χ2v) is 10.9. The number of hydrogen-bond donors (Lipinski definition) is 1. The van der Waals surface area contributed by atoms with Crippen LogP contribution < -0.4 is 4.72 Å². The minimum absolute atomic E-state index is 0.00647. The molecule has 1 N–H and O–H groups in total. The standard InChI is InChI=1S/C23H27NO5S/c1-3-8-24-30(27,28)20-6-4-19(5-7-20)22(26)29-15(2)21(25)23-12-16-9-17(13-23)11-18(10-16)14-23/h1,4-7,15-18,24H,8-14H2,2H3. The summed E-state index contributed by atoms with van der Waals surface area (Å²) in [5.41, 5.74) is -0.120. The summed E-state index contributed by atoms with van der Waals surface area (Å²) in [5.74, 6) is 3.55. The molecule has 160 valence electrons. The van der Waals surface area contributed by atoms with Crippen LogP contribution in [0.5, 0.6) is 0 Å². The third-order valence-electron chi connectivity index (χ3n) is 6.98. The van der Waals surface area contributed by atoms with E-state index in [1.165, 1.54) is 43.5 Å². The minimum atomic E-state index is -3.73. The van der Waals surface area contributed by atoms with Crippen molar-refractivity contribution in [1.29, 1.82) is 0 Å². The number of benzene rings is 1. The molecule has 4 fully saturated rings. The predicted molar refractivity (Wildman–Crippen MR) is 111 cm³/mol. The Morgan fingerprint density at radius 2 is 1.67 bits per heavy atom. The molecular formula is C23H27NO5S.